The molecule has 6 heteroatoms. The lowest BCUT2D eigenvalue weighted by molar-refractivity contribution is -0.171. The van der Waals surface area contributed by atoms with Gasteiger partial charge in [0.15, 0.2) is 0 Å². The Morgan fingerprint density at radius 3 is 2.38 bits per heavy atom. The van der Waals surface area contributed by atoms with Gasteiger partial charge in [0.2, 0.25) is 0 Å². The maximum absolute atomic E-state index is 13.9. The largest absolute Gasteiger partial charge is 0.459 e. The second-order valence-electron chi connectivity index (χ2n) is 5.98. The van der Waals surface area contributed by atoms with Gasteiger partial charge in [0.05, 0.1) is 11.3 Å². The molecule has 21 heavy (non-hydrogen) atoms. The fourth-order valence-corrected chi connectivity index (χ4v) is 2.04. The SMILES string of the molecule is C[C@@H](OC(=O)C(C)(C)C)[C@](O)(CCl)c1ccc(F)cc1F. The molecule has 2 atom stereocenters. The molecular formula is C15H19ClF2O3. The Bertz CT molecular complexity index is 528. The molecule has 0 heterocycles. The molecule has 1 rings (SSSR count). The first-order valence-corrected chi connectivity index (χ1v) is 7.00. The third-order valence-electron chi connectivity index (χ3n) is 3.17. The summed E-state index contributed by atoms with van der Waals surface area (Å²) in [6.07, 6.45) is -1.10. The van der Waals surface area contributed by atoms with Crippen LogP contribution in [0.1, 0.15) is 33.3 Å². The lowest BCUT2D eigenvalue weighted by Crippen LogP contribution is -2.44. The third-order valence-corrected chi connectivity index (χ3v) is 3.58. The number of carbonyl (C=O) groups excluding carboxylic acids is 1. The van der Waals surface area contributed by atoms with Crippen molar-refractivity contribution >= 4 is 17.6 Å². The summed E-state index contributed by atoms with van der Waals surface area (Å²) in [5.74, 6) is -2.68. The first-order chi connectivity index (χ1) is 9.52. The van der Waals surface area contributed by atoms with Gasteiger partial charge in [-0.15, -0.1) is 11.6 Å². The van der Waals surface area contributed by atoms with Crippen molar-refractivity contribution in [2.45, 2.75) is 39.4 Å². The standard InChI is InChI=1S/C15H19ClF2O3/c1-9(21-13(19)14(2,3)4)15(20,8-16)11-6-5-10(17)7-12(11)18/h5-7,9,20H,8H2,1-4H3/t9-,15-/m1/s1. The quantitative estimate of drug-likeness (QED) is 0.683. The zero-order chi connectivity index (χ0) is 16.4. The summed E-state index contributed by atoms with van der Waals surface area (Å²) in [4.78, 5) is 11.9. The summed E-state index contributed by atoms with van der Waals surface area (Å²) < 4.78 is 32.0. The van der Waals surface area contributed by atoms with Crippen LogP contribution >= 0.6 is 11.6 Å². The predicted octanol–water partition coefficient (Wildman–Crippen LogP) is 3.37. The number of alkyl halides is 1. The highest BCUT2D eigenvalue weighted by Crippen LogP contribution is 2.32. The Kier molecular flexibility index (Phi) is 5.34. The molecule has 0 aliphatic heterocycles. The molecule has 0 aromatic heterocycles. The van der Waals surface area contributed by atoms with Gasteiger partial charge in [0.25, 0.3) is 0 Å². The van der Waals surface area contributed by atoms with Crippen LogP contribution in [0.2, 0.25) is 0 Å². The monoisotopic (exact) mass is 320 g/mol. The molecule has 0 spiro atoms. The normalized spacial score (nSPS) is 16.2. The molecule has 0 fully saturated rings. The molecule has 0 radical (unpaired) electrons. The van der Waals surface area contributed by atoms with Crippen LogP contribution in [-0.2, 0) is 15.1 Å². The molecule has 0 amide bonds. The number of hydrogen-bond donors (Lipinski definition) is 1. The minimum atomic E-state index is -1.94. The highest BCUT2D eigenvalue weighted by atomic mass is 35.5. The Hall–Kier alpha value is -1.20. The van der Waals surface area contributed by atoms with E-state index in [1.807, 2.05) is 0 Å². The van der Waals surface area contributed by atoms with Gasteiger partial charge in [-0.2, -0.15) is 0 Å². The van der Waals surface area contributed by atoms with Crippen molar-refractivity contribution in [3.63, 3.8) is 0 Å². The number of halogens is 3. The third kappa shape index (κ3) is 3.92. The van der Waals surface area contributed by atoms with E-state index in [1.165, 1.54) is 6.92 Å². The second kappa shape index (κ2) is 6.28. The van der Waals surface area contributed by atoms with E-state index in [1.54, 1.807) is 20.8 Å². The molecule has 0 unspecified atom stereocenters. The van der Waals surface area contributed by atoms with Crippen LogP contribution in [0.3, 0.4) is 0 Å². The van der Waals surface area contributed by atoms with Crippen molar-refractivity contribution in [2.75, 3.05) is 5.88 Å². The first-order valence-electron chi connectivity index (χ1n) is 6.47. The van der Waals surface area contributed by atoms with Crippen LogP contribution in [0, 0.1) is 17.0 Å². The average Bonchev–Trinajstić information content (AvgIpc) is 2.36. The maximum Gasteiger partial charge on any atom is 0.311 e. The lowest BCUT2D eigenvalue weighted by atomic mass is 9.89. The van der Waals surface area contributed by atoms with Crippen molar-refractivity contribution in [3.05, 3.63) is 35.4 Å². The minimum absolute atomic E-state index is 0.215. The number of carbonyl (C=O) groups is 1. The number of hydrogen-bond acceptors (Lipinski definition) is 3. The van der Waals surface area contributed by atoms with Crippen LogP contribution in [0.15, 0.2) is 18.2 Å². The molecule has 1 aromatic rings. The summed E-state index contributed by atoms with van der Waals surface area (Å²) >= 11 is 5.75. The van der Waals surface area contributed by atoms with Crippen LogP contribution < -0.4 is 0 Å². The first kappa shape index (κ1) is 17.9. The molecule has 0 aliphatic rings. The Morgan fingerprint density at radius 2 is 1.95 bits per heavy atom. The highest BCUT2D eigenvalue weighted by molar-refractivity contribution is 6.18. The topological polar surface area (TPSA) is 46.5 Å². The molecule has 118 valence electrons. The van der Waals surface area contributed by atoms with E-state index in [4.69, 9.17) is 16.3 Å². The Labute approximate surface area is 127 Å². The van der Waals surface area contributed by atoms with Crippen LogP contribution in [0.4, 0.5) is 8.78 Å². The molecular weight excluding hydrogens is 302 g/mol. The number of benzene rings is 1. The van der Waals surface area contributed by atoms with Gasteiger partial charge in [0, 0.05) is 11.6 Å². The zero-order valence-corrected chi connectivity index (χ0v) is 13.2. The van der Waals surface area contributed by atoms with E-state index in [9.17, 15) is 18.7 Å². The predicted molar refractivity (Wildman–Crippen MR) is 76.0 cm³/mol. The van der Waals surface area contributed by atoms with Crippen molar-refractivity contribution in [3.8, 4) is 0 Å². The summed E-state index contributed by atoms with van der Waals surface area (Å²) in [7, 11) is 0. The Morgan fingerprint density at radius 1 is 1.38 bits per heavy atom. The fraction of sp³-hybridized carbons (Fsp3) is 0.533. The smallest absolute Gasteiger partial charge is 0.311 e. The fourth-order valence-electron chi connectivity index (χ4n) is 1.68. The van der Waals surface area contributed by atoms with Crippen molar-refractivity contribution in [2.24, 2.45) is 5.41 Å². The van der Waals surface area contributed by atoms with Crippen LogP contribution in [0.5, 0.6) is 0 Å². The molecule has 0 bridgehead atoms. The molecule has 1 N–H and O–H groups in total. The Balaban J connectivity index is 3.11. The van der Waals surface area contributed by atoms with E-state index in [0.717, 1.165) is 12.1 Å². The summed E-state index contributed by atoms with van der Waals surface area (Å²) in [6.45, 7) is 6.37. The average molecular weight is 321 g/mol. The molecule has 0 aliphatic carbocycles. The van der Waals surface area contributed by atoms with E-state index in [2.05, 4.69) is 0 Å². The van der Waals surface area contributed by atoms with Gasteiger partial charge in [-0.3, -0.25) is 4.79 Å². The molecule has 3 nitrogen and oxygen atoms in total. The maximum atomic E-state index is 13.9. The van der Waals surface area contributed by atoms with Crippen LogP contribution in [0.25, 0.3) is 0 Å². The van der Waals surface area contributed by atoms with Crippen LogP contribution in [-0.4, -0.2) is 23.1 Å². The van der Waals surface area contributed by atoms with Gasteiger partial charge in [0.1, 0.15) is 23.3 Å². The van der Waals surface area contributed by atoms with Gasteiger partial charge >= 0.3 is 5.97 Å². The molecule has 0 saturated carbocycles. The van der Waals surface area contributed by atoms with E-state index < -0.39 is 40.6 Å². The number of ether oxygens (including phenoxy) is 1. The van der Waals surface area contributed by atoms with Gasteiger partial charge < -0.3 is 9.84 Å². The van der Waals surface area contributed by atoms with E-state index in [0.29, 0.717) is 6.07 Å². The molecule has 0 saturated heterocycles. The minimum Gasteiger partial charge on any atom is -0.459 e. The number of aliphatic hydroxyl groups is 1. The second-order valence-corrected chi connectivity index (χ2v) is 6.25. The number of esters is 1. The van der Waals surface area contributed by atoms with E-state index in [-0.39, 0.29) is 5.56 Å². The lowest BCUT2D eigenvalue weighted by Gasteiger charge is -2.34. The van der Waals surface area contributed by atoms with Gasteiger partial charge in [-0.1, -0.05) is 6.07 Å². The highest BCUT2D eigenvalue weighted by Gasteiger charge is 2.41. The van der Waals surface area contributed by atoms with Crippen molar-refractivity contribution in [1.29, 1.82) is 0 Å². The zero-order valence-electron chi connectivity index (χ0n) is 12.4. The van der Waals surface area contributed by atoms with Crippen molar-refractivity contribution < 1.29 is 23.4 Å². The van der Waals surface area contributed by atoms with E-state index >= 15 is 0 Å². The summed E-state index contributed by atoms with van der Waals surface area (Å²) in [6, 6.07) is 2.74. The van der Waals surface area contributed by atoms with Gasteiger partial charge in [-0.05, 0) is 33.8 Å². The van der Waals surface area contributed by atoms with Gasteiger partial charge in [-0.25, -0.2) is 8.78 Å². The number of rotatable bonds is 4. The summed E-state index contributed by atoms with van der Waals surface area (Å²) in [5, 5.41) is 10.6. The molecule has 1 aromatic carbocycles. The summed E-state index contributed by atoms with van der Waals surface area (Å²) in [5.41, 5.74) is -2.93. The van der Waals surface area contributed by atoms with Crippen molar-refractivity contribution in [1.82, 2.24) is 0 Å².